The summed E-state index contributed by atoms with van der Waals surface area (Å²) in [5.41, 5.74) is 0. The Bertz CT molecular complexity index is 1050. The Kier molecular flexibility index (Phi) is 13.3. The molecule has 0 spiro atoms. The molecule has 0 aromatic rings. The van der Waals surface area contributed by atoms with Crippen molar-refractivity contribution < 1.29 is 94.2 Å². The Morgan fingerprint density at radius 3 is 2.02 bits per heavy atom. The van der Waals surface area contributed by atoms with E-state index in [2.05, 4.69) is 5.32 Å². The number of aliphatic hydroxyl groups excluding tert-OH is 10. The van der Waals surface area contributed by atoms with E-state index in [0.717, 1.165) is 6.92 Å². The van der Waals surface area contributed by atoms with Crippen molar-refractivity contribution in [3.8, 4) is 0 Å². The van der Waals surface area contributed by atoms with Gasteiger partial charge in [0.25, 0.3) is 5.79 Å². The van der Waals surface area contributed by atoms with Gasteiger partial charge in [0.15, 0.2) is 6.29 Å². The Labute approximate surface area is 261 Å². The lowest BCUT2D eigenvalue weighted by Gasteiger charge is -2.50. The summed E-state index contributed by atoms with van der Waals surface area (Å²) < 4.78 is 27.7. The molecular weight excluding hydrogens is 630 g/mol. The average Bonchev–Trinajstić information content (AvgIpc) is 2.99. The van der Waals surface area contributed by atoms with E-state index in [1.54, 1.807) is 0 Å². The van der Waals surface area contributed by atoms with E-state index in [1.807, 2.05) is 0 Å². The van der Waals surface area contributed by atoms with Gasteiger partial charge in [-0.1, -0.05) is 0 Å². The minimum atomic E-state index is -3.03. The van der Waals surface area contributed by atoms with Crippen LogP contribution in [0.15, 0.2) is 0 Å². The highest BCUT2D eigenvalue weighted by Gasteiger charge is 2.60. The lowest BCUT2D eigenvalue weighted by Crippen LogP contribution is -2.70. The number of rotatable bonds is 13. The van der Waals surface area contributed by atoms with Gasteiger partial charge in [-0.05, 0) is 6.92 Å². The second-order valence-corrected chi connectivity index (χ2v) is 11.6. The zero-order chi connectivity index (χ0) is 34.7. The molecule has 3 heterocycles. The fourth-order valence-electron chi connectivity index (χ4n) is 5.71. The summed E-state index contributed by atoms with van der Waals surface area (Å²) in [6, 6.07) is -1.54. The summed E-state index contributed by atoms with van der Waals surface area (Å²) in [6.07, 6.45) is -27.0. The fourth-order valence-corrected chi connectivity index (χ4v) is 5.71. The Morgan fingerprint density at radius 2 is 1.50 bits per heavy atom. The first-order chi connectivity index (χ1) is 21.5. The molecule has 46 heavy (non-hydrogen) atoms. The number of ketones is 1. The van der Waals surface area contributed by atoms with E-state index in [4.69, 9.17) is 23.7 Å². The van der Waals surface area contributed by atoms with Crippen LogP contribution >= 0.6 is 0 Å². The van der Waals surface area contributed by atoms with Crippen molar-refractivity contribution in [2.75, 3.05) is 19.8 Å². The quantitative estimate of drug-likeness (QED) is 0.0863. The number of nitrogens with one attached hydrogen (secondary N) is 1. The Morgan fingerprint density at radius 1 is 0.870 bits per heavy atom. The van der Waals surface area contributed by atoms with E-state index < -0.39 is 141 Å². The summed E-state index contributed by atoms with van der Waals surface area (Å²) in [7, 11) is 0. The number of aliphatic hydroxyl groups is 10. The second-order valence-electron chi connectivity index (χ2n) is 11.6. The second kappa shape index (κ2) is 15.9. The van der Waals surface area contributed by atoms with E-state index in [0.29, 0.717) is 0 Å². The van der Waals surface area contributed by atoms with Crippen molar-refractivity contribution in [3.63, 3.8) is 0 Å². The van der Waals surface area contributed by atoms with Crippen LogP contribution in [-0.4, -0.2) is 191 Å². The van der Waals surface area contributed by atoms with Crippen LogP contribution in [0.1, 0.15) is 26.7 Å². The van der Waals surface area contributed by atoms with Gasteiger partial charge < -0.3 is 85.2 Å². The number of Topliss-reactive ketones (excluding diaryl/α,β-unsaturated/α-hetero) is 1. The molecule has 3 aliphatic heterocycles. The maximum atomic E-state index is 12.6. The molecule has 266 valence electrons. The first-order valence-electron chi connectivity index (χ1n) is 14.4. The molecule has 0 aromatic heterocycles. The molecule has 0 aromatic carbocycles. The molecule has 3 aliphatic rings. The number of carbonyl (C=O) groups is 3. The third-order valence-corrected chi connectivity index (χ3v) is 8.08. The van der Waals surface area contributed by atoms with Crippen LogP contribution in [0.25, 0.3) is 0 Å². The number of carboxylic acid groups (broad SMARTS) is 1. The lowest BCUT2D eigenvalue weighted by molar-refractivity contribution is -0.381. The normalized spacial score (nSPS) is 43.0. The van der Waals surface area contributed by atoms with Gasteiger partial charge in [-0.2, -0.15) is 0 Å². The number of aliphatic carboxylic acids is 1. The maximum absolute atomic E-state index is 12.6. The average molecular weight is 674 g/mol. The SMILES string of the molecule is CC(=O)C[C@@H]1OC(CO)[C@@H](O[C@@H]2OC(CO)[C@H](O)[C@H](O[C@]3(C(=O)O)C[C@@H](O)[C@@H](NC(C)=O)C([C@H](O)[C@H](O)CO)O3)C2O)[C@H](O)C1O. The first-order valence-corrected chi connectivity index (χ1v) is 14.4. The number of hydrogen-bond acceptors (Lipinski definition) is 18. The highest BCUT2D eigenvalue weighted by molar-refractivity contribution is 5.77. The Hall–Kier alpha value is -1.99. The molecule has 20 heteroatoms. The molecule has 0 aliphatic carbocycles. The molecule has 3 saturated heterocycles. The molecule has 0 bridgehead atoms. The summed E-state index contributed by atoms with van der Waals surface area (Å²) in [4.78, 5) is 36.0. The summed E-state index contributed by atoms with van der Waals surface area (Å²) in [6.45, 7) is -0.583. The molecule has 5 unspecified atom stereocenters. The van der Waals surface area contributed by atoms with E-state index in [-0.39, 0.29) is 6.42 Å². The molecule has 0 saturated carbocycles. The highest BCUT2D eigenvalue weighted by atomic mass is 16.8. The number of hydrogen-bond donors (Lipinski definition) is 12. The molecule has 3 fully saturated rings. The third kappa shape index (κ3) is 8.17. The van der Waals surface area contributed by atoms with Gasteiger partial charge in [0.2, 0.25) is 5.91 Å². The molecule has 12 N–H and O–H groups in total. The van der Waals surface area contributed by atoms with Crippen molar-refractivity contribution in [2.45, 2.75) is 124 Å². The fraction of sp³-hybridized carbons (Fsp3) is 0.885. The van der Waals surface area contributed by atoms with Crippen molar-refractivity contribution in [1.29, 1.82) is 0 Å². The zero-order valence-corrected chi connectivity index (χ0v) is 24.9. The van der Waals surface area contributed by atoms with E-state index in [1.165, 1.54) is 6.92 Å². The van der Waals surface area contributed by atoms with Crippen LogP contribution in [0.4, 0.5) is 0 Å². The lowest BCUT2D eigenvalue weighted by atomic mass is 9.88. The minimum absolute atomic E-state index is 0.324. The highest BCUT2D eigenvalue weighted by Crippen LogP contribution is 2.38. The van der Waals surface area contributed by atoms with Gasteiger partial charge in [0.05, 0.1) is 38.1 Å². The number of carboxylic acids is 1. The van der Waals surface area contributed by atoms with Gasteiger partial charge in [-0.25, -0.2) is 4.79 Å². The minimum Gasteiger partial charge on any atom is -0.477 e. The van der Waals surface area contributed by atoms with Crippen molar-refractivity contribution in [1.82, 2.24) is 5.32 Å². The first kappa shape index (κ1) is 38.5. The third-order valence-electron chi connectivity index (χ3n) is 8.08. The van der Waals surface area contributed by atoms with Crippen molar-refractivity contribution >= 4 is 17.7 Å². The zero-order valence-electron chi connectivity index (χ0n) is 24.9. The maximum Gasteiger partial charge on any atom is 0.364 e. The topological polar surface area (TPSA) is 332 Å². The monoisotopic (exact) mass is 673 g/mol. The van der Waals surface area contributed by atoms with Crippen LogP contribution in [0.2, 0.25) is 0 Å². The smallest absolute Gasteiger partial charge is 0.364 e. The summed E-state index contributed by atoms with van der Waals surface area (Å²) in [5, 5.41) is 116. The standard InChI is InChI=1S/C26H43NO19/c1-8(31)3-12-17(36)19(38)21(14(7-30)42-12)44-24-20(39)23(18(37)13(6-29)43-24)46-26(25(40)41)4-10(33)15(27-9(2)32)22(45-26)16(35)11(34)5-28/h10-24,28-30,33-39H,3-7H2,1-2H3,(H,27,32)(H,40,41)/t10-,11-,12+,13?,14?,15-,16-,17?,18+,19-,20?,21-,22?,23+,24+,26+/m1/s1. The number of ether oxygens (including phenoxy) is 5. The van der Waals surface area contributed by atoms with Crippen molar-refractivity contribution in [2.24, 2.45) is 0 Å². The largest absolute Gasteiger partial charge is 0.477 e. The van der Waals surface area contributed by atoms with Crippen LogP contribution in [0, 0.1) is 0 Å². The summed E-state index contributed by atoms with van der Waals surface area (Å²) >= 11 is 0. The molecular formula is C26H43NO19. The molecule has 3 rings (SSSR count). The van der Waals surface area contributed by atoms with Gasteiger partial charge >= 0.3 is 5.97 Å². The van der Waals surface area contributed by atoms with Crippen LogP contribution in [0.3, 0.4) is 0 Å². The predicted octanol–water partition coefficient (Wildman–Crippen LogP) is -7.19. The van der Waals surface area contributed by atoms with Gasteiger partial charge in [0, 0.05) is 19.8 Å². The van der Waals surface area contributed by atoms with E-state index >= 15 is 0 Å². The Balaban J connectivity index is 1.93. The van der Waals surface area contributed by atoms with Gasteiger partial charge in [0.1, 0.15) is 72.9 Å². The predicted molar refractivity (Wildman–Crippen MR) is 143 cm³/mol. The van der Waals surface area contributed by atoms with Crippen LogP contribution < -0.4 is 5.32 Å². The molecule has 16 atom stereocenters. The number of carbonyl (C=O) groups excluding carboxylic acids is 2. The van der Waals surface area contributed by atoms with Gasteiger partial charge in [-0.15, -0.1) is 0 Å². The van der Waals surface area contributed by atoms with E-state index in [9.17, 15) is 70.6 Å². The molecule has 1 amide bonds. The molecule has 0 radical (unpaired) electrons. The van der Waals surface area contributed by atoms with Crippen LogP contribution in [0.5, 0.6) is 0 Å². The van der Waals surface area contributed by atoms with Crippen molar-refractivity contribution in [3.05, 3.63) is 0 Å². The number of amides is 1. The molecule has 20 nitrogen and oxygen atoms in total. The van der Waals surface area contributed by atoms with Gasteiger partial charge in [-0.3, -0.25) is 9.59 Å². The summed E-state index contributed by atoms with van der Waals surface area (Å²) in [5.74, 6) is -6.14. The van der Waals surface area contributed by atoms with Crippen LogP contribution in [-0.2, 0) is 38.1 Å².